The summed E-state index contributed by atoms with van der Waals surface area (Å²) >= 11 is 1.63. The van der Waals surface area contributed by atoms with Crippen LogP contribution in [-0.4, -0.2) is 30.4 Å². The molecule has 0 unspecified atom stereocenters. The van der Waals surface area contributed by atoms with Gasteiger partial charge in [0.05, 0.1) is 16.7 Å². The number of aromatic nitrogens is 6. The zero-order valence-electron chi connectivity index (χ0n) is 16.0. The number of hydrogen-bond donors (Lipinski definition) is 4. The number of hydrogen-bond acceptors (Lipinski definition) is 6. The molecule has 0 spiro atoms. The highest BCUT2D eigenvalue weighted by molar-refractivity contribution is 7.98. The minimum absolute atomic E-state index is 0.103. The molecule has 0 amide bonds. The number of aromatic amines is 3. The van der Waals surface area contributed by atoms with Crippen molar-refractivity contribution in [3.05, 3.63) is 57.4 Å². The molecular weight excluding hydrogens is 386 g/mol. The highest BCUT2D eigenvalue weighted by Gasteiger charge is 2.19. The molecule has 0 atom stereocenters. The summed E-state index contributed by atoms with van der Waals surface area (Å²) in [5, 5.41) is 16.7. The molecule has 3 heterocycles. The van der Waals surface area contributed by atoms with Crippen molar-refractivity contribution in [1.29, 1.82) is 0 Å². The van der Waals surface area contributed by atoms with E-state index in [1.165, 1.54) is 5.56 Å². The SMILES string of the molecule is Cc1cc(Nc2nc(CSc3ccc4[nH][nH]c(=O)c4c3)nc3c2CCCC3)n[nH]1. The first-order valence-electron chi connectivity index (χ1n) is 9.66. The molecule has 4 aromatic rings. The molecule has 0 saturated carbocycles. The fourth-order valence-electron chi connectivity index (χ4n) is 3.67. The van der Waals surface area contributed by atoms with Crippen LogP contribution in [0.25, 0.3) is 10.9 Å². The number of rotatable bonds is 5. The molecule has 3 aromatic heterocycles. The summed E-state index contributed by atoms with van der Waals surface area (Å²) in [6.45, 7) is 1.97. The normalized spacial score (nSPS) is 13.6. The maximum atomic E-state index is 11.8. The summed E-state index contributed by atoms with van der Waals surface area (Å²) in [7, 11) is 0. The first kappa shape index (κ1) is 18.0. The lowest BCUT2D eigenvalue weighted by molar-refractivity contribution is 0.660. The van der Waals surface area contributed by atoms with E-state index in [9.17, 15) is 4.79 Å². The van der Waals surface area contributed by atoms with E-state index in [4.69, 9.17) is 9.97 Å². The van der Waals surface area contributed by atoms with Gasteiger partial charge in [-0.25, -0.2) is 9.97 Å². The molecule has 0 fully saturated rings. The van der Waals surface area contributed by atoms with Gasteiger partial charge in [-0.05, 0) is 50.8 Å². The highest BCUT2D eigenvalue weighted by atomic mass is 32.2. The second-order valence-corrected chi connectivity index (χ2v) is 8.31. The minimum Gasteiger partial charge on any atom is -0.323 e. The van der Waals surface area contributed by atoms with Crippen molar-refractivity contribution in [3.63, 3.8) is 0 Å². The van der Waals surface area contributed by atoms with Crippen LogP contribution in [0.4, 0.5) is 11.6 Å². The molecule has 0 bridgehead atoms. The average Bonchev–Trinajstić information content (AvgIpc) is 3.31. The van der Waals surface area contributed by atoms with E-state index in [0.29, 0.717) is 11.1 Å². The molecule has 0 aliphatic heterocycles. The van der Waals surface area contributed by atoms with Crippen LogP contribution in [0.1, 0.15) is 35.6 Å². The lowest BCUT2D eigenvalue weighted by Gasteiger charge is -2.19. The van der Waals surface area contributed by atoms with Gasteiger partial charge in [0.25, 0.3) is 5.56 Å². The zero-order valence-corrected chi connectivity index (χ0v) is 16.8. The summed E-state index contributed by atoms with van der Waals surface area (Å²) in [5.74, 6) is 3.04. The van der Waals surface area contributed by atoms with Crippen molar-refractivity contribution in [1.82, 2.24) is 30.4 Å². The Balaban J connectivity index is 1.42. The lowest BCUT2D eigenvalue weighted by Crippen LogP contribution is -2.13. The van der Waals surface area contributed by atoms with Crippen molar-refractivity contribution in [2.45, 2.75) is 43.3 Å². The summed E-state index contributed by atoms with van der Waals surface area (Å²) in [5.41, 5.74) is 4.04. The molecule has 1 aromatic carbocycles. The third-order valence-electron chi connectivity index (χ3n) is 5.10. The van der Waals surface area contributed by atoms with Gasteiger partial charge in [0.15, 0.2) is 5.82 Å². The van der Waals surface area contributed by atoms with Gasteiger partial charge in [0, 0.05) is 27.9 Å². The Morgan fingerprint density at radius 2 is 2.03 bits per heavy atom. The Hall–Kier alpha value is -3.07. The quantitative estimate of drug-likeness (QED) is 0.376. The maximum absolute atomic E-state index is 11.8. The number of H-pyrrole nitrogens is 3. The number of aryl methyl sites for hydroxylation is 2. The molecule has 0 radical (unpaired) electrons. The van der Waals surface area contributed by atoms with E-state index >= 15 is 0 Å². The zero-order chi connectivity index (χ0) is 19.8. The summed E-state index contributed by atoms with van der Waals surface area (Å²) in [6, 6.07) is 7.78. The third-order valence-corrected chi connectivity index (χ3v) is 6.09. The fraction of sp³-hybridized carbons (Fsp3) is 0.300. The predicted octanol–water partition coefficient (Wildman–Crippen LogP) is 3.59. The summed E-state index contributed by atoms with van der Waals surface area (Å²) in [4.78, 5) is 22.5. The van der Waals surface area contributed by atoms with Crippen LogP contribution in [0.3, 0.4) is 0 Å². The van der Waals surface area contributed by atoms with E-state index in [1.54, 1.807) is 11.8 Å². The van der Waals surface area contributed by atoms with Gasteiger partial charge in [-0.3, -0.25) is 20.1 Å². The molecule has 8 nitrogen and oxygen atoms in total. The second kappa shape index (κ2) is 7.40. The number of fused-ring (bicyclic) bond motifs is 2. The molecule has 1 aliphatic carbocycles. The van der Waals surface area contributed by atoms with Crippen molar-refractivity contribution < 1.29 is 0 Å². The van der Waals surface area contributed by atoms with E-state index in [2.05, 4.69) is 25.7 Å². The van der Waals surface area contributed by atoms with E-state index in [-0.39, 0.29) is 5.56 Å². The van der Waals surface area contributed by atoms with Crippen molar-refractivity contribution in [3.8, 4) is 0 Å². The smallest absolute Gasteiger partial charge is 0.271 e. The van der Waals surface area contributed by atoms with Gasteiger partial charge in [0.1, 0.15) is 11.6 Å². The average molecular weight is 408 g/mol. The Kier molecular flexibility index (Phi) is 4.59. The molecular formula is C20H21N7OS. The van der Waals surface area contributed by atoms with Crippen LogP contribution in [0, 0.1) is 6.92 Å². The molecule has 148 valence electrons. The topological polar surface area (TPSA) is 115 Å². The van der Waals surface area contributed by atoms with Crippen LogP contribution >= 0.6 is 11.8 Å². The highest BCUT2D eigenvalue weighted by Crippen LogP contribution is 2.30. The summed E-state index contributed by atoms with van der Waals surface area (Å²) in [6.07, 6.45) is 4.28. The van der Waals surface area contributed by atoms with E-state index < -0.39 is 0 Å². The van der Waals surface area contributed by atoms with Gasteiger partial charge >= 0.3 is 0 Å². The van der Waals surface area contributed by atoms with Crippen LogP contribution in [0.2, 0.25) is 0 Å². The monoisotopic (exact) mass is 407 g/mol. The van der Waals surface area contributed by atoms with E-state index in [0.717, 1.165) is 64.9 Å². The van der Waals surface area contributed by atoms with Crippen LogP contribution in [0.15, 0.2) is 34.0 Å². The van der Waals surface area contributed by atoms with Gasteiger partial charge in [-0.1, -0.05) is 0 Å². The Morgan fingerprint density at radius 3 is 2.90 bits per heavy atom. The van der Waals surface area contributed by atoms with Crippen LogP contribution in [0.5, 0.6) is 0 Å². The van der Waals surface area contributed by atoms with Crippen LogP contribution in [-0.2, 0) is 18.6 Å². The fourth-order valence-corrected chi connectivity index (χ4v) is 4.46. The van der Waals surface area contributed by atoms with Crippen molar-refractivity contribution >= 4 is 34.3 Å². The second-order valence-electron chi connectivity index (χ2n) is 7.26. The Morgan fingerprint density at radius 1 is 1.14 bits per heavy atom. The lowest BCUT2D eigenvalue weighted by atomic mass is 9.96. The predicted molar refractivity (Wildman–Crippen MR) is 114 cm³/mol. The van der Waals surface area contributed by atoms with Gasteiger partial charge in [-0.2, -0.15) is 5.10 Å². The standard InChI is InChI=1S/C20H21N7OS/c1-11-8-17(26-24-11)22-19-13-4-2-3-5-15(13)21-18(23-19)10-29-12-6-7-16-14(9-12)20(28)27-25-16/h6-9H,2-5,10H2,1H3,(H2,25,27,28)(H2,21,22,23,24,26). The number of benzene rings is 1. The van der Waals surface area contributed by atoms with Crippen molar-refractivity contribution in [2.24, 2.45) is 0 Å². The molecule has 5 rings (SSSR count). The Labute approximate surface area is 170 Å². The van der Waals surface area contributed by atoms with E-state index in [1.807, 2.05) is 31.2 Å². The molecule has 0 saturated heterocycles. The van der Waals surface area contributed by atoms with Gasteiger partial charge in [-0.15, -0.1) is 11.8 Å². The van der Waals surface area contributed by atoms with Crippen molar-refractivity contribution in [2.75, 3.05) is 5.32 Å². The Bertz CT molecular complexity index is 1240. The number of nitrogens with one attached hydrogen (secondary N) is 4. The first-order chi connectivity index (χ1) is 14.2. The minimum atomic E-state index is -0.103. The number of nitrogens with zero attached hydrogens (tertiary/aromatic N) is 3. The maximum Gasteiger partial charge on any atom is 0.271 e. The molecule has 4 N–H and O–H groups in total. The van der Waals surface area contributed by atoms with Gasteiger partial charge < -0.3 is 5.32 Å². The number of thioether (sulfide) groups is 1. The molecule has 29 heavy (non-hydrogen) atoms. The largest absolute Gasteiger partial charge is 0.323 e. The third kappa shape index (κ3) is 3.65. The number of anilines is 2. The summed E-state index contributed by atoms with van der Waals surface area (Å²) < 4.78 is 0. The van der Waals surface area contributed by atoms with Gasteiger partial charge in [0.2, 0.25) is 0 Å². The van der Waals surface area contributed by atoms with Crippen LogP contribution < -0.4 is 10.9 Å². The molecule has 9 heteroatoms. The molecule has 1 aliphatic rings. The first-order valence-corrected chi connectivity index (χ1v) is 10.7.